The van der Waals surface area contributed by atoms with Gasteiger partial charge in [0, 0.05) is 39.6 Å². The summed E-state index contributed by atoms with van der Waals surface area (Å²) in [4.78, 5) is 6.84. The third kappa shape index (κ3) is 4.59. The molecule has 1 saturated heterocycles. The summed E-state index contributed by atoms with van der Waals surface area (Å²) < 4.78 is 2.10. The highest BCUT2D eigenvalue weighted by molar-refractivity contribution is 5.80. The van der Waals surface area contributed by atoms with E-state index >= 15 is 0 Å². The standard InChI is InChI=1S/C19H28N6/c1-3-18-23-22-15-25(18)12-10-21-19(20-2)24-11-9-17(14-24)13-16-7-5-4-6-8-16/h4-8,15,17H,3,9-14H2,1-2H3,(H,20,21). The monoisotopic (exact) mass is 340 g/mol. The second kappa shape index (κ2) is 8.65. The molecule has 0 spiro atoms. The molecule has 2 aromatic rings. The zero-order chi connectivity index (χ0) is 17.5. The van der Waals surface area contributed by atoms with Crippen LogP contribution in [0, 0.1) is 5.92 Å². The molecule has 2 heterocycles. The molecule has 0 bridgehead atoms. The minimum Gasteiger partial charge on any atom is -0.354 e. The molecular weight excluding hydrogens is 312 g/mol. The van der Waals surface area contributed by atoms with Gasteiger partial charge in [-0.3, -0.25) is 4.99 Å². The molecule has 6 nitrogen and oxygen atoms in total. The van der Waals surface area contributed by atoms with Crippen LogP contribution in [0.1, 0.15) is 24.7 Å². The third-order valence-corrected chi connectivity index (χ3v) is 4.81. The first-order chi connectivity index (χ1) is 12.3. The maximum atomic E-state index is 4.46. The van der Waals surface area contributed by atoms with Crippen molar-refractivity contribution in [3.63, 3.8) is 0 Å². The van der Waals surface area contributed by atoms with Gasteiger partial charge in [-0.15, -0.1) is 10.2 Å². The molecule has 1 fully saturated rings. The molecular formula is C19H28N6. The number of aromatic nitrogens is 3. The first kappa shape index (κ1) is 17.5. The van der Waals surface area contributed by atoms with Crippen LogP contribution in [0.15, 0.2) is 41.7 Å². The zero-order valence-electron chi connectivity index (χ0n) is 15.2. The molecule has 1 aliphatic rings. The Bertz CT molecular complexity index is 678. The Hall–Kier alpha value is -2.37. The molecule has 1 atom stereocenters. The van der Waals surface area contributed by atoms with Gasteiger partial charge in [0.25, 0.3) is 0 Å². The van der Waals surface area contributed by atoms with Crippen molar-refractivity contribution in [3.05, 3.63) is 48.0 Å². The average Bonchev–Trinajstić information content (AvgIpc) is 3.29. The van der Waals surface area contributed by atoms with Gasteiger partial charge in [0.2, 0.25) is 0 Å². The third-order valence-electron chi connectivity index (χ3n) is 4.81. The van der Waals surface area contributed by atoms with Crippen molar-refractivity contribution in [1.29, 1.82) is 0 Å². The van der Waals surface area contributed by atoms with Crippen LogP contribution in [0.4, 0.5) is 0 Å². The molecule has 0 radical (unpaired) electrons. The Morgan fingerprint density at radius 2 is 2.16 bits per heavy atom. The summed E-state index contributed by atoms with van der Waals surface area (Å²) in [6, 6.07) is 10.8. The van der Waals surface area contributed by atoms with Crippen molar-refractivity contribution < 1.29 is 0 Å². The van der Waals surface area contributed by atoms with E-state index in [9.17, 15) is 0 Å². The lowest BCUT2D eigenvalue weighted by molar-refractivity contribution is 0.457. The number of aliphatic imine (C=N–C) groups is 1. The minimum absolute atomic E-state index is 0.700. The largest absolute Gasteiger partial charge is 0.354 e. The predicted molar refractivity (Wildman–Crippen MR) is 101 cm³/mol. The highest BCUT2D eigenvalue weighted by Crippen LogP contribution is 2.20. The number of hydrogen-bond donors (Lipinski definition) is 1. The summed E-state index contributed by atoms with van der Waals surface area (Å²) in [6.07, 6.45) is 5.08. The van der Waals surface area contributed by atoms with E-state index in [-0.39, 0.29) is 0 Å². The first-order valence-corrected chi connectivity index (χ1v) is 9.16. The van der Waals surface area contributed by atoms with Gasteiger partial charge < -0.3 is 14.8 Å². The fourth-order valence-corrected chi connectivity index (χ4v) is 3.50. The quantitative estimate of drug-likeness (QED) is 0.645. The highest BCUT2D eigenvalue weighted by Gasteiger charge is 2.24. The average molecular weight is 340 g/mol. The molecule has 6 heteroatoms. The fourth-order valence-electron chi connectivity index (χ4n) is 3.50. The van der Waals surface area contributed by atoms with Gasteiger partial charge in [0.05, 0.1) is 0 Å². The van der Waals surface area contributed by atoms with Gasteiger partial charge in [0.1, 0.15) is 12.2 Å². The Balaban J connectivity index is 1.47. The van der Waals surface area contributed by atoms with Gasteiger partial charge in [-0.05, 0) is 24.3 Å². The molecule has 1 aromatic carbocycles. The second-order valence-electron chi connectivity index (χ2n) is 6.56. The maximum absolute atomic E-state index is 4.46. The lowest BCUT2D eigenvalue weighted by Gasteiger charge is -2.22. The van der Waals surface area contributed by atoms with Gasteiger partial charge >= 0.3 is 0 Å². The molecule has 1 unspecified atom stereocenters. The zero-order valence-corrected chi connectivity index (χ0v) is 15.2. The Kier molecular flexibility index (Phi) is 6.04. The number of hydrogen-bond acceptors (Lipinski definition) is 3. The predicted octanol–water partition coefficient (Wildman–Crippen LogP) is 1.98. The van der Waals surface area contributed by atoms with E-state index in [1.807, 2.05) is 7.05 Å². The molecule has 0 aliphatic carbocycles. The van der Waals surface area contributed by atoms with Gasteiger partial charge in [-0.2, -0.15) is 0 Å². The number of aryl methyl sites for hydroxylation is 1. The molecule has 1 N–H and O–H groups in total. The summed E-state index contributed by atoms with van der Waals surface area (Å²) in [7, 11) is 1.86. The van der Waals surface area contributed by atoms with Gasteiger partial charge in [-0.25, -0.2) is 0 Å². The van der Waals surface area contributed by atoms with Crippen LogP contribution in [0.3, 0.4) is 0 Å². The molecule has 1 aromatic heterocycles. The van der Waals surface area contributed by atoms with Crippen LogP contribution >= 0.6 is 0 Å². The van der Waals surface area contributed by atoms with E-state index in [0.29, 0.717) is 5.92 Å². The van der Waals surface area contributed by atoms with Crippen LogP contribution in [0.2, 0.25) is 0 Å². The van der Waals surface area contributed by atoms with E-state index in [0.717, 1.165) is 50.8 Å². The van der Waals surface area contributed by atoms with Gasteiger partial charge in [0.15, 0.2) is 5.96 Å². The maximum Gasteiger partial charge on any atom is 0.193 e. The summed E-state index contributed by atoms with van der Waals surface area (Å²) in [5.41, 5.74) is 1.43. The van der Waals surface area contributed by atoms with Crippen LogP contribution in [-0.2, 0) is 19.4 Å². The molecule has 0 saturated carbocycles. The number of rotatable bonds is 6. The van der Waals surface area contributed by atoms with Crippen molar-refractivity contribution >= 4 is 5.96 Å². The topological polar surface area (TPSA) is 58.3 Å². The van der Waals surface area contributed by atoms with Crippen molar-refractivity contribution in [2.45, 2.75) is 32.7 Å². The van der Waals surface area contributed by atoms with Crippen molar-refractivity contribution in [2.24, 2.45) is 10.9 Å². The second-order valence-corrected chi connectivity index (χ2v) is 6.56. The van der Waals surface area contributed by atoms with Crippen LogP contribution in [0.25, 0.3) is 0 Å². The minimum atomic E-state index is 0.700. The molecule has 3 rings (SSSR count). The fraction of sp³-hybridized carbons (Fsp3) is 0.526. The van der Waals surface area contributed by atoms with Crippen molar-refractivity contribution in [3.8, 4) is 0 Å². The smallest absolute Gasteiger partial charge is 0.193 e. The van der Waals surface area contributed by atoms with Crippen LogP contribution in [0.5, 0.6) is 0 Å². The Morgan fingerprint density at radius 1 is 1.32 bits per heavy atom. The van der Waals surface area contributed by atoms with E-state index in [2.05, 4.69) is 67.2 Å². The van der Waals surface area contributed by atoms with E-state index in [1.165, 1.54) is 12.0 Å². The summed E-state index contributed by atoms with van der Waals surface area (Å²) in [5, 5.41) is 11.6. The normalized spacial score (nSPS) is 17.9. The van der Waals surface area contributed by atoms with Crippen molar-refractivity contribution in [2.75, 3.05) is 26.7 Å². The summed E-state index contributed by atoms with van der Waals surface area (Å²) in [6.45, 7) is 5.93. The molecule has 1 aliphatic heterocycles. The van der Waals surface area contributed by atoms with E-state index in [1.54, 1.807) is 6.33 Å². The number of nitrogens with one attached hydrogen (secondary N) is 1. The molecule has 134 valence electrons. The van der Waals surface area contributed by atoms with Crippen molar-refractivity contribution in [1.82, 2.24) is 25.0 Å². The lowest BCUT2D eigenvalue weighted by Crippen LogP contribution is -2.41. The first-order valence-electron chi connectivity index (χ1n) is 9.16. The number of likely N-dealkylation sites (tertiary alicyclic amines) is 1. The lowest BCUT2D eigenvalue weighted by atomic mass is 9.99. The molecule has 0 amide bonds. The number of nitrogens with zero attached hydrogens (tertiary/aromatic N) is 5. The summed E-state index contributed by atoms with van der Waals surface area (Å²) >= 11 is 0. The molecule has 25 heavy (non-hydrogen) atoms. The highest BCUT2D eigenvalue weighted by atomic mass is 15.3. The van der Waals surface area contributed by atoms with Crippen LogP contribution in [-0.4, -0.2) is 52.3 Å². The summed E-state index contributed by atoms with van der Waals surface area (Å²) in [5.74, 6) is 2.73. The Labute approximate surface area is 150 Å². The number of benzene rings is 1. The van der Waals surface area contributed by atoms with Gasteiger partial charge in [-0.1, -0.05) is 37.3 Å². The van der Waals surface area contributed by atoms with Crippen LogP contribution < -0.4 is 5.32 Å². The Morgan fingerprint density at radius 3 is 2.92 bits per heavy atom. The van der Waals surface area contributed by atoms with E-state index in [4.69, 9.17) is 0 Å². The number of guanidine groups is 1. The SMILES string of the molecule is CCc1nncn1CCNC(=NC)N1CCC(Cc2ccccc2)C1. The van der Waals surface area contributed by atoms with E-state index < -0.39 is 0 Å².